The third kappa shape index (κ3) is 2.90. The van der Waals surface area contributed by atoms with Gasteiger partial charge in [0.15, 0.2) is 0 Å². The lowest BCUT2D eigenvalue weighted by atomic mass is 9.81. The molecular formula is C17H19N3O6. The van der Waals surface area contributed by atoms with E-state index in [-0.39, 0.29) is 19.1 Å². The summed E-state index contributed by atoms with van der Waals surface area (Å²) in [5, 5.41) is 18.8. The molecule has 26 heavy (non-hydrogen) atoms. The van der Waals surface area contributed by atoms with Crippen LogP contribution in [0.3, 0.4) is 0 Å². The van der Waals surface area contributed by atoms with Crippen molar-refractivity contribution < 1.29 is 29.3 Å². The highest BCUT2D eigenvalue weighted by molar-refractivity contribution is 6.08. The zero-order valence-electron chi connectivity index (χ0n) is 14.1. The van der Waals surface area contributed by atoms with Crippen LogP contribution in [-0.2, 0) is 20.9 Å². The topological polar surface area (TPSA) is 143 Å². The molecule has 1 unspecified atom stereocenters. The smallest absolute Gasteiger partial charge is 0.404 e. The molecule has 0 radical (unpaired) electrons. The second-order valence-corrected chi connectivity index (χ2v) is 6.78. The van der Waals surface area contributed by atoms with Gasteiger partial charge in [-0.25, -0.2) is 9.59 Å². The Labute approximate surface area is 149 Å². The fraction of sp³-hybridized carbons (Fsp3) is 0.412. The van der Waals surface area contributed by atoms with E-state index < -0.39 is 29.6 Å². The molecule has 3 heterocycles. The maximum atomic E-state index is 12.5. The Hall–Kier alpha value is -2.94. The summed E-state index contributed by atoms with van der Waals surface area (Å²) in [4.78, 5) is 40.6. The molecule has 2 aliphatic rings. The lowest BCUT2D eigenvalue weighted by Gasteiger charge is -2.40. The molecule has 4 N–H and O–H groups in total. The second-order valence-electron chi connectivity index (χ2n) is 6.78. The van der Waals surface area contributed by atoms with Gasteiger partial charge in [-0.05, 0) is 30.2 Å². The Morgan fingerprint density at radius 2 is 2.27 bits per heavy atom. The van der Waals surface area contributed by atoms with E-state index in [2.05, 4.69) is 4.98 Å². The molecule has 138 valence electrons. The minimum atomic E-state index is -1.16. The number of aliphatic carboxylic acids is 1. The maximum Gasteiger partial charge on any atom is 0.404 e. The number of nitrogens with zero attached hydrogens (tertiary/aromatic N) is 2. The number of β-lactam (4-membered cyclic amide) rings is 1. The van der Waals surface area contributed by atoms with Gasteiger partial charge in [0, 0.05) is 17.2 Å². The number of primary amides is 1. The van der Waals surface area contributed by atoms with Crippen LogP contribution in [0.25, 0.3) is 6.08 Å². The maximum absolute atomic E-state index is 12.5. The van der Waals surface area contributed by atoms with Crippen LogP contribution in [0.5, 0.6) is 0 Å². The first-order valence-corrected chi connectivity index (χ1v) is 8.02. The third-order valence-electron chi connectivity index (χ3n) is 4.88. The van der Waals surface area contributed by atoms with Crippen LogP contribution in [-0.4, -0.2) is 56.8 Å². The number of carbonyl (C=O) groups is 3. The van der Waals surface area contributed by atoms with E-state index in [9.17, 15) is 24.6 Å². The number of rotatable bonds is 5. The van der Waals surface area contributed by atoms with Crippen LogP contribution >= 0.6 is 0 Å². The van der Waals surface area contributed by atoms with Gasteiger partial charge in [-0.2, -0.15) is 0 Å². The van der Waals surface area contributed by atoms with Crippen LogP contribution in [0.2, 0.25) is 0 Å². The lowest BCUT2D eigenvalue weighted by Crippen LogP contribution is -2.58. The van der Waals surface area contributed by atoms with Gasteiger partial charge < -0.3 is 25.6 Å². The molecule has 0 aromatic carbocycles. The van der Waals surface area contributed by atoms with Crippen molar-refractivity contribution in [2.45, 2.75) is 32.0 Å². The Balaban J connectivity index is 1.89. The van der Waals surface area contributed by atoms with Crippen molar-refractivity contribution in [3.8, 4) is 0 Å². The largest absolute Gasteiger partial charge is 0.480 e. The molecule has 1 aromatic rings. The number of amides is 2. The molecule has 2 fully saturated rings. The van der Waals surface area contributed by atoms with Crippen LogP contribution in [0.1, 0.15) is 24.6 Å². The van der Waals surface area contributed by atoms with Gasteiger partial charge in [0.25, 0.3) is 5.91 Å². The van der Waals surface area contributed by atoms with Crippen LogP contribution in [0, 0.1) is 5.41 Å². The van der Waals surface area contributed by atoms with Crippen molar-refractivity contribution in [2.24, 2.45) is 11.1 Å². The molecule has 2 aliphatic heterocycles. The zero-order chi connectivity index (χ0) is 19.1. The van der Waals surface area contributed by atoms with E-state index in [0.717, 1.165) is 0 Å². The molecule has 9 nitrogen and oxygen atoms in total. The molecule has 0 bridgehead atoms. The van der Waals surface area contributed by atoms with E-state index in [4.69, 9.17) is 10.5 Å². The second kappa shape index (κ2) is 6.41. The first-order valence-electron chi connectivity index (χ1n) is 8.02. The molecule has 1 aromatic heterocycles. The van der Waals surface area contributed by atoms with Gasteiger partial charge in [0.05, 0.1) is 18.3 Å². The quantitative estimate of drug-likeness (QED) is 0.499. The summed E-state index contributed by atoms with van der Waals surface area (Å²) in [6.07, 6.45) is 2.46. The molecular weight excluding hydrogens is 342 g/mol. The van der Waals surface area contributed by atoms with Gasteiger partial charge in [-0.1, -0.05) is 6.92 Å². The Bertz CT molecular complexity index is 807. The summed E-state index contributed by atoms with van der Waals surface area (Å²) in [5.74, 6) is -1.54. The van der Waals surface area contributed by atoms with Crippen molar-refractivity contribution in [3.63, 3.8) is 0 Å². The number of aliphatic hydroxyl groups excluding tert-OH is 1. The van der Waals surface area contributed by atoms with Crippen LogP contribution < -0.4 is 5.73 Å². The summed E-state index contributed by atoms with van der Waals surface area (Å²) >= 11 is 0. The summed E-state index contributed by atoms with van der Waals surface area (Å²) in [5.41, 5.74) is 5.65. The average molecular weight is 361 g/mol. The summed E-state index contributed by atoms with van der Waals surface area (Å²) in [6.45, 7) is 1.32. The number of hydrogen-bond donors (Lipinski definition) is 3. The number of hydrogen-bond acceptors (Lipinski definition) is 6. The molecule has 0 spiro atoms. The van der Waals surface area contributed by atoms with Gasteiger partial charge in [-0.15, -0.1) is 0 Å². The molecule has 0 saturated carbocycles. The molecule has 9 heteroatoms. The molecule has 3 atom stereocenters. The summed E-state index contributed by atoms with van der Waals surface area (Å²) in [7, 11) is 0. The van der Waals surface area contributed by atoms with Crippen molar-refractivity contribution in [3.05, 3.63) is 35.2 Å². The van der Waals surface area contributed by atoms with Gasteiger partial charge >= 0.3 is 12.1 Å². The third-order valence-corrected chi connectivity index (χ3v) is 4.88. The molecule has 2 amide bonds. The zero-order valence-corrected chi connectivity index (χ0v) is 14.1. The first kappa shape index (κ1) is 17.9. The minimum Gasteiger partial charge on any atom is -0.480 e. The number of nitrogens with two attached hydrogens (primary N) is 1. The Kier molecular flexibility index (Phi) is 4.41. The Morgan fingerprint density at radius 3 is 2.88 bits per heavy atom. The number of fused-ring (bicyclic) bond motifs is 1. The normalized spacial score (nSPS) is 28.6. The van der Waals surface area contributed by atoms with E-state index in [1.165, 1.54) is 11.1 Å². The van der Waals surface area contributed by atoms with Crippen LogP contribution in [0.15, 0.2) is 23.9 Å². The number of aliphatic hydroxyl groups is 1. The minimum absolute atomic E-state index is 0.147. The van der Waals surface area contributed by atoms with Gasteiger partial charge in [0.2, 0.25) is 0 Å². The predicted octanol–water partition coefficient (Wildman–Crippen LogP) is 0.127. The number of carbonyl (C=O) groups excluding carboxylic acids is 2. The van der Waals surface area contributed by atoms with E-state index in [0.29, 0.717) is 23.3 Å². The molecule has 3 rings (SSSR count). The average Bonchev–Trinajstić information content (AvgIpc) is 2.89. The van der Waals surface area contributed by atoms with E-state index >= 15 is 0 Å². The Morgan fingerprint density at radius 1 is 1.54 bits per heavy atom. The number of aromatic nitrogens is 1. The van der Waals surface area contributed by atoms with Crippen molar-refractivity contribution >= 4 is 24.0 Å². The molecule has 0 aliphatic carbocycles. The van der Waals surface area contributed by atoms with Crippen LogP contribution in [0.4, 0.5) is 4.79 Å². The highest BCUT2D eigenvalue weighted by Crippen LogP contribution is 2.49. The number of carboxylic acids is 1. The van der Waals surface area contributed by atoms with Crippen molar-refractivity contribution in [1.82, 2.24) is 9.88 Å². The highest BCUT2D eigenvalue weighted by Gasteiger charge is 2.62. The highest BCUT2D eigenvalue weighted by atomic mass is 16.5. The van der Waals surface area contributed by atoms with Gasteiger partial charge in [0.1, 0.15) is 12.6 Å². The van der Waals surface area contributed by atoms with Crippen molar-refractivity contribution in [1.29, 1.82) is 0 Å². The van der Waals surface area contributed by atoms with E-state index in [1.54, 1.807) is 25.1 Å². The van der Waals surface area contributed by atoms with E-state index in [1.807, 2.05) is 0 Å². The lowest BCUT2D eigenvalue weighted by molar-refractivity contribution is -0.155. The number of pyridine rings is 1. The SMILES string of the molecule is C[C@@]1(COC(N)=O)CC2/C(=C\c3cc(CO)ccn3)C(=O)N2[C@H]1C(=O)O. The summed E-state index contributed by atoms with van der Waals surface area (Å²) in [6, 6.07) is 1.81. The summed E-state index contributed by atoms with van der Waals surface area (Å²) < 4.78 is 4.83. The first-order chi connectivity index (χ1) is 12.3. The fourth-order valence-electron chi connectivity index (χ4n) is 3.69. The monoisotopic (exact) mass is 361 g/mol. The number of carboxylic acid groups (broad SMARTS) is 1. The fourth-order valence-corrected chi connectivity index (χ4v) is 3.69. The molecule has 2 saturated heterocycles. The predicted molar refractivity (Wildman–Crippen MR) is 88.5 cm³/mol. The van der Waals surface area contributed by atoms with Gasteiger partial charge in [-0.3, -0.25) is 9.78 Å². The van der Waals surface area contributed by atoms with Crippen molar-refractivity contribution in [2.75, 3.05) is 6.61 Å². The standard InChI is InChI=1S/C17H19N3O6/c1-17(8-26-16(18)25)6-12-11(14(22)20(12)13(17)15(23)24)5-10-4-9(7-21)2-3-19-10/h2-5,12-13,21H,6-8H2,1H3,(H2,18,25)(H,23,24)/b11-5+/t12?,13-,17-/m0/s1. The number of ether oxygens (including phenoxy) is 1.